The number of amides is 2. The summed E-state index contributed by atoms with van der Waals surface area (Å²) in [4.78, 5) is 23.7. The average Bonchev–Trinajstić information content (AvgIpc) is 2.50. The van der Waals surface area contributed by atoms with Gasteiger partial charge in [0, 0.05) is 12.6 Å². The largest absolute Gasteiger partial charge is 0.322 e. The van der Waals surface area contributed by atoms with Crippen molar-refractivity contribution in [1.82, 2.24) is 5.32 Å². The Hall–Kier alpha value is -2.95. The lowest BCUT2D eigenvalue weighted by Crippen LogP contribution is -2.29. The van der Waals surface area contributed by atoms with Gasteiger partial charge in [-0.25, -0.2) is 4.39 Å². The van der Waals surface area contributed by atoms with Crippen LogP contribution in [0.2, 0.25) is 0 Å². The molecule has 4 nitrogen and oxygen atoms in total. The molecular formula is C18H17FN2O2. The molecule has 0 saturated carbocycles. The van der Waals surface area contributed by atoms with Crippen molar-refractivity contribution in [2.45, 2.75) is 13.8 Å². The molecule has 2 aromatic rings. The molecule has 0 aliphatic rings. The van der Waals surface area contributed by atoms with E-state index in [1.807, 2.05) is 31.2 Å². The number of benzene rings is 2. The molecule has 5 heteroatoms. The highest BCUT2D eigenvalue weighted by Crippen LogP contribution is 2.13. The first kappa shape index (κ1) is 16.4. The van der Waals surface area contributed by atoms with Gasteiger partial charge in [-0.2, -0.15) is 0 Å². The quantitative estimate of drug-likeness (QED) is 0.851. The van der Waals surface area contributed by atoms with Gasteiger partial charge in [-0.3, -0.25) is 9.59 Å². The summed E-state index contributed by atoms with van der Waals surface area (Å²) in [5.41, 5.74) is 2.36. The van der Waals surface area contributed by atoms with Crippen LogP contribution in [0.5, 0.6) is 0 Å². The van der Waals surface area contributed by atoms with Gasteiger partial charge in [0.2, 0.25) is 5.91 Å². The summed E-state index contributed by atoms with van der Waals surface area (Å²) in [6, 6.07) is 12.9. The van der Waals surface area contributed by atoms with Crippen molar-refractivity contribution in [2.24, 2.45) is 0 Å². The van der Waals surface area contributed by atoms with Gasteiger partial charge in [0.15, 0.2) is 0 Å². The van der Waals surface area contributed by atoms with Gasteiger partial charge in [0.05, 0.1) is 0 Å². The predicted octanol–water partition coefficient (Wildman–Crippen LogP) is 3.25. The van der Waals surface area contributed by atoms with Crippen LogP contribution in [0.15, 0.2) is 54.2 Å². The SMILES string of the molecule is CC(=O)NC(=Cc1ccccc1C)C(=O)Nc1ccc(F)cc1. The third-order valence-electron chi connectivity index (χ3n) is 3.15. The fourth-order valence-corrected chi connectivity index (χ4v) is 1.98. The molecule has 0 bridgehead atoms. The maximum atomic E-state index is 12.9. The molecule has 2 rings (SSSR count). The minimum Gasteiger partial charge on any atom is -0.322 e. The molecule has 0 aromatic heterocycles. The van der Waals surface area contributed by atoms with Crippen LogP contribution in [0.3, 0.4) is 0 Å². The molecule has 2 aromatic carbocycles. The Labute approximate surface area is 134 Å². The van der Waals surface area contributed by atoms with Crippen LogP contribution in [-0.4, -0.2) is 11.8 Å². The van der Waals surface area contributed by atoms with Crippen LogP contribution in [0.1, 0.15) is 18.1 Å². The van der Waals surface area contributed by atoms with Crippen LogP contribution < -0.4 is 10.6 Å². The summed E-state index contributed by atoms with van der Waals surface area (Å²) in [7, 11) is 0. The van der Waals surface area contributed by atoms with Crippen molar-refractivity contribution in [3.05, 3.63) is 71.2 Å². The van der Waals surface area contributed by atoms with Gasteiger partial charge in [-0.1, -0.05) is 24.3 Å². The van der Waals surface area contributed by atoms with E-state index in [2.05, 4.69) is 10.6 Å². The Kier molecular flexibility index (Phi) is 5.25. The van der Waals surface area contributed by atoms with Crippen molar-refractivity contribution >= 4 is 23.6 Å². The number of halogens is 1. The molecule has 0 heterocycles. The summed E-state index contributed by atoms with van der Waals surface area (Å²) in [6.07, 6.45) is 1.61. The molecule has 0 radical (unpaired) electrons. The van der Waals surface area contributed by atoms with Crippen molar-refractivity contribution in [3.8, 4) is 0 Å². The van der Waals surface area contributed by atoms with Crippen molar-refractivity contribution < 1.29 is 14.0 Å². The van der Waals surface area contributed by atoms with Crippen LogP contribution in [0, 0.1) is 12.7 Å². The third-order valence-corrected chi connectivity index (χ3v) is 3.15. The molecule has 0 atom stereocenters. The second-order valence-corrected chi connectivity index (χ2v) is 5.06. The molecule has 0 aliphatic carbocycles. The van der Waals surface area contributed by atoms with Gasteiger partial charge in [-0.15, -0.1) is 0 Å². The molecular weight excluding hydrogens is 295 g/mol. The Morgan fingerprint density at radius 3 is 2.30 bits per heavy atom. The number of aryl methyl sites for hydroxylation is 1. The molecule has 2 amide bonds. The Balaban J connectivity index is 2.27. The number of hydrogen-bond acceptors (Lipinski definition) is 2. The predicted molar refractivity (Wildman–Crippen MR) is 88.0 cm³/mol. The minimum atomic E-state index is -0.477. The molecule has 0 saturated heterocycles. The normalized spacial score (nSPS) is 11.0. The third kappa shape index (κ3) is 4.78. The van der Waals surface area contributed by atoms with Gasteiger partial charge in [0.25, 0.3) is 5.91 Å². The van der Waals surface area contributed by atoms with Crippen LogP contribution in [0.4, 0.5) is 10.1 Å². The summed E-state index contributed by atoms with van der Waals surface area (Å²) < 4.78 is 12.9. The fraction of sp³-hybridized carbons (Fsp3) is 0.111. The maximum Gasteiger partial charge on any atom is 0.272 e. The monoisotopic (exact) mass is 312 g/mol. The molecule has 0 aliphatic heterocycles. The zero-order valence-corrected chi connectivity index (χ0v) is 12.9. The van der Waals surface area contributed by atoms with E-state index in [0.717, 1.165) is 11.1 Å². The number of nitrogens with one attached hydrogen (secondary N) is 2. The van der Waals surface area contributed by atoms with Gasteiger partial charge in [0.1, 0.15) is 11.5 Å². The van der Waals surface area contributed by atoms with E-state index in [4.69, 9.17) is 0 Å². The number of anilines is 1. The molecule has 23 heavy (non-hydrogen) atoms. The van der Waals surface area contributed by atoms with E-state index >= 15 is 0 Å². The second kappa shape index (κ2) is 7.35. The van der Waals surface area contributed by atoms with E-state index in [1.54, 1.807) is 6.08 Å². The highest BCUT2D eigenvalue weighted by molar-refractivity contribution is 6.08. The number of rotatable bonds is 4. The average molecular weight is 312 g/mol. The second-order valence-electron chi connectivity index (χ2n) is 5.06. The molecule has 2 N–H and O–H groups in total. The lowest BCUT2D eigenvalue weighted by molar-refractivity contribution is -0.120. The highest BCUT2D eigenvalue weighted by atomic mass is 19.1. The Morgan fingerprint density at radius 1 is 1.04 bits per heavy atom. The number of carbonyl (C=O) groups excluding carboxylic acids is 2. The lowest BCUT2D eigenvalue weighted by atomic mass is 10.1. The smallest absolute Gasteiger partial charge is 0.272 e. The highest BCUT2D eigenvalue weighted by Gasteiger charge is 2.12. The summed E-state index contributed by atoms with van der Waals surface area (Å²) in [6.45, 7) is 3.24. The number of carbonyl (C=O) groups is 2. The molecule has 0 fully saturated rings. The van der Waals surface area contributed by atoms with Crippen LogP contribution in [0.25, 0.3) is 6.08 Å². The Bertz CT molecular complexity index is 752. The minimum absolute atomic E-state index is 0.121. The molecule has 0 unspecified atom stereocenters. The van der Waals surface area contributed by atoms with Crippen LogP contribution in [-0.2, 0) is 9.59 Å². The lowest BCUT2D eigenvalue weighted by Gasteiger charge is -2.10. The first-order chi connectivity index (χ1) is 11.0. The molecule has 0 spiro atoms. The van der Waals surface area contributed by atoms with E-state index in [9.17, 15) is 14.0 Å². The number of hydrogen-bond donors (Lipinski definition) is 2. The van der Waals surface area contributed by atoms with Gasteiger partial charge >= 0.3 is 0 Å². The van der Waals surface area contributed by atoms with E-state index in [1.165, 1.54) is 31.2 Å². The Morgan fingerprint density at radius 2 is 1.70 bits per heavy atom. The maximum absolute atomic E-state index is 12.9. The van der Waals surface area contributed by atoms with E-state index in [-0.39, 0.29) is 17.4 Å². The summed E-state index contributed by atoms with van der Waals surface area (Å²) >= 11 is 0. The van der Waals surface area contributed by atoms with Crippen molar-refractivity contribution in [1.29, 1.82) is 0 Å². The topological polar surface area (TPSA) is 58.2 Å². The van der Waals surface area contributed by atoms with E-state index in [0.29, 0.717) is 5.69 Å². The van der Waals surface area contributed by atoms with Gasteiger partial charge in [-0.05, 0) is 48.4 Å². The zero-order valence-electron chi connectivity index (χ0n) is 12.9. The first-order valence-electron chi connectivity index (χ1n) is 7.07. The van der Waals surface area contributed by atoms with Crippen molar-refractivity contribution in [2.75, 3.05) is 5.32 Å². The fourth-order valence-electron chi connectivity index (χ4n) is 1.98. The molecule has 118 valence electrons. The summed E-state index contributed by atoms with van der Waals surface area (Å²) in [5.74, 6) is -1.21. The van der Waals surface area contributed by atoms with Crippen LogP contribution >= 0.6 is 0 Å². The van der Waals surface area contributed by atoms with Crippen molar-refractivity contribution in [3.63, 3.8) is 0 Å². The zero-order chi connectivity index (χ0) is 16.8. The summed E-state index contributed by atoms with van der Waals surface area (Å²) in [5, 5.41) is 5.15. The standard InChI is InChI=1S/C18H17FN2O2/c1-12-5-3-4-6-14(12)11-17(20-13(2)22)18(23)21-16-9-7-15(19)8-10-16/h3-11H,1-2H3,(H,20,22)(H,21,23). The first-order valence-corrected chi connectivity index (χ1v) is 7.07. The van der Waals surface area contributed by atoms with E-state index < -0.39 is 5.91 Å². The van der Waals surface area contributed by atoms with Gasteiger partial charge < -0.3 is 10.6 Å².